The van der Waals surface area contributed by atoms with Crippen LogP contribution in [0.4, 0.5) is 4.39 Å². The van der Waals surface area contributed by atoms with Gasteiger partial charge in [-0.05, 0) is 31.0 Å². The first-order chi connectivity index (χ1) is 9.15. The van der Waals surface area contributed by atoms with Crippen molar-refractivity contribution in [2.24, 2.45) is 0 Å². The van der Waals surface area contributed by atoms with E-state index in [4.69, 9.17) is 0 Å². The van der Waals surface area contributed by atoms with Crippen molar-refractivity contribution in [2.45, 2.75) is 18.9 Å². The quantitative estimate of drug-likeness (QED) is 0.871. The fourth-order valence-electron chi connectivity index (χ4n) is 2.43. The van der Waals surface area contributed by atoms with Crippen LogP contribution in [0, 0.1) is 5.82 Å². The molecular formula is C14H14FNO2S. The lowest BCUT2D eigenvalue weighted by atomic mass is 10.1. The number of aliphatic hydroxyl groups excluding tert-OH is 1. The van der Waals surface area contributed by atoms with Crippen molar-refractivity contribution in [3.63, 3.8) is 0 Å². The third-order valence-electron chi connectivity index (χ3n) is 3.40. The second kappa shape index (κ2) is 4.90. The van der Waals surface area contributed by atoms with E-state index in [9.17, 15) is 14.3 Å². The Morgan fingerprint density at radius 2 is 2.32 bits per heavy atom. The number of hydrogen-bond donors (Lipinski definition) is 1. The molecule has 1 unspecified atom stereocenters. The summed E-state index contributed by atoms with van der Waals surface area (Å²) in [5.41, 5.74) is 0. The first-order valence-corrected chi connectivity index (χ1v) is 7.12. The molecule has 1 fully saturated rings. The smallest absolute Gasteiger partial charge is 0.264 e. The van der Waals surface area contributed by atoms with Crippen LogP contribution in [0.15, 0.2) is 24.3 Å². The zero-order valence-electron chi connectivity index (χ0n) is 10.3. The van der Waals surface area contributed by atoms with E-state index in [1.54, 1.807) is 17.0 Å². The molecule has 1 amide bonds. The molecule has 1 aromatic carbocycles. The summed E-state index contributed by atoms with van der Waals surface area (Å²) in [5, 5.41) is 10.1. The van der Waals surface area contributed by atoms with E-state index in [0.717, 1.165) is 17.5 Å². The summed E-state index contributed by atoms with van der Waals surface area (Å²) >= 11 is 1.30. The van der Waals surface area contributed by atoms with Crippen LogP contribution >= 0.6 is 11.3 Å². The van der Waals surface area contributed by atoms with Gasteiger partial charge in [-0.25, -0.2) is 4.39 Å². The van der Waals surface area contributed by atoms with Crippen molar-refractivity contribution in [2.75, 3.05) is 13.1 Å². The number of hydrogen-bond acceptors (Lipinski definition) is 3. The minimum Gasteiger partial charge on any atom is -0.391 e. The summed E-state index contributed by atoms with van der Waals surface area (Å²) in [6, 6.07) is 6.46. The number of likely N-dealkylation sites (tertiary alicyclic amines) is 1. The van der Waals surface area contributed by atoms with Gasteiger partial charge in [0.1, 0.15) is 5.82 Å². The van der Waals surface area contributed by atoms with Gasteiger partial charge in [-0.1, -0.05) is 6.07 Å². The number of piperidine rings is 1. The van der Waals surface area contributed by atoms with E-state index in [0.29, 0.717) is 23.4 Å². The lowest BCUT2D eigenvalue weighted by Crippen LogP contribution is -2.41. The van der Waals surface area contributed by atoms with Gasteiger partial charge in [0.15, 0.2) is 0 Å². The largest absolute Gasteiger partial charge is 0.391 e. The van der Waals surface area contributed by atoms with Crippen molar-refractivity contribution >= 4 is 27.3 Å². The molecule has 1 saturated heterocycles. The van der Waals surface area contributed by atoms with Crippen LogP contribution in [-0.4, -0.2) is 35.1 Å². The molecule has 0 radical (unpaired) electrons. The van der Waals surface area contributed by atoms with Crippen LogP contribution in [0.2, 0.25) is 0 Å². The molecule has 0 aliphatic carbocycles. The number of amides is 1. The number of benzene rings is 1. The first-order valence-electron chi connectivity index (χ1n) is 6.30. The number of β-amino-alcohol motifs (C(OH)–C–C–N with tert-alkyl or cyclic N) is 1. The van der Waals surface area contributed by atoms with Gasteiger partial charge in [-0.15, -0.1) is 11.3 Å². The molecule has 1 aliphatic heterocycles. The van der Waals surface area contributed by atoms with Crippen LogP contribution in [0.1, 0.15) is 22.5 Å². The van der Waals surface area contributed by atoms with Gasteiger partial charge in [0.05, 0.1) is 11.0 Å². The Kier molecular flexibility index (Phi) is 3.24. The summed E-state index contributed by atoms with van der Waals surface area (Å²) in [4.78, 5) is 14.5. The topological polar surface area (TPSA) is 40.5 Å². The summed E-state index contributed by atoms with van der Waals surface area (Å²) in [7, 11) is 0. The molecule has 0 saturated carbocycles. The summed E-state index contributed by atoms with van der Waals surface area (Å²) in [6.07, 6.45) is 1.11. The van der Waals surface area contributed by atoms with E-state index in [2.05, 4.69) is 0 Å². The molecule has 1 atom stereocenters. The fraction of sp³-hybridized carbons (Fsp3) is 0.357. The fourth-order valence-corrected chi connectivity index (χ4v) is 3.47. The van der Waals surface area contributed by atoms with Gasteiger partial charge < -0.3 is 10.0 Å². The maximum atomic E-state index is 13.6. The van der Waals surface area contributed by atoms with Crippen molar-refractivity contribution in [3.05, 3.63) is 35.0 Å². The number of fused-ring (bicyclic) bond motifs is 1. The Morgan fingerprint density at radius 1 is 1.47 bits per heavy atom. The number of halogens is 1. The summed E-state index contributed by atoms with van der Waals surface area (Å²) in [5.74, 6) is -0.411. The van der Waals surface area contributed by atoms with Crippen LogP contribution < -0.4 is 0 Å². The highest BCUT2D eigenvalue weighted by atomic mass is 32.1. The molecule has 100 valence electrons. The van der Waals surface area contributed by atoms with Gasteiger partial charge in [0, 0.05) is 23.2 Å². The molecule has 0 spiro atoms. The molecule has 3 rings (SSSR count). The molecule has 1 aromatic heterocycles. The summed E-state index contributed by atoms with van der Waals surface area (Å²) < 4.78 is 14.4. The van der Waals surface area contributed by atoms with Crippen LogP contribution in [0.3, 0.4) is 0 Å². The summed E-state index contributed by atoms with van der Waals surface area (Å²) in [6.45, 7) is 1.03. The molecule has 1 N–H and O–H groups in total. The van der Waals surface area contributed by atoms with Crippen molar-refractivity contribution in [1.29, 1.82) is 0 Å². The van der Waals surface area contributed by atoms with Crippen molar-refractivity contribution in [3.8, 4) is 0 Å². The number of thiophene rings is 1. The number of rotatable bonds is 1. The third kappa shape index (κ3) is 2.35. The Bertz CT molecular complexity index is 625. The maximum Gasteiger partial charge on any atom is 0.264 e. The predicted molar refractivity (Wildman–Crippen MR) is 72.9 cm³/mol. The zero-order valence-corrected chi connectivity index (χ0v) is 11.1. The molecule has 3 nitrogen and oxygen atoms in total. The van der Waals surface area contributed by atoms with Crippen molar-refractivity contribution < 1.29 is 14.3 Å². The molecule has 19 heavy (non-hydrogen) atoms. The van der Waals surface area contributed by atoms with E-state index in [1.807, 2.05) is 6.07 Å². The molecule has 2 heterocycles. The van der Waals surface area contributed by atoms with Gasteiger partial charge in [-0.2, -0.15) is 0 Å². The Morgan fingerprint density at radius 3 is 3.05 bits per heavy atom. The van der Waals surface area contributed by atoms with Crippen molar-refractivity contribution in [1.82, 2.24) is 4.90 Å². The molecule has 1 aliphatic rings. The minimum absolute atomic E-state index is 0.112. The highest BCUT2D eigenvalue weighted by Gasteiger charge is 2.24. The lowest BCUT2D eigenvalue weighted by molar-refractivity contribution is 0.0478. The van der Waals surface area contributed by atoms with Crippen LogP contribution in [0.5, 0.6) is 0 Å². The Balaban J connectivity index is 1.91. The Labute approximate surface area is 114 Å². The predicted octanol–water partition coefficient (Wildman–Crippen LogP) is 2.64. The SMILES string of the molecule is O=C(c1cc2c(F)cccc2s1)N1CCCC(O)C1. The average Bonchev–Trinajstić information content (AvgIpc) is 2.83. The van der Waals surface area contributed by atoms with Gasteiger partial charge in [-0.3, -0.25) is 4.79 Å². The highest BCUT2D eigenvalue weighted by Crippen LogP contribution is 2.29. The van der Waals surface area contributed by atoms with E-state index in [1.165, 1.54) is 17.4 Å². The number of aliphatic hydroxyl groups is 1. The number of carbonyl (C=O) groups is 1. The molecule has 2 aromatic rings. The normalized spacial score (nSPS) is 19.9. The first kappa shape index (κ1) is 12.6. The third-order valence-corrected chi connectivity index (χ3v) is 4.49. The van der Waals surface area contributed by atoms with E-state index in [-0.39, 0.29) is 11.7 Å². The standard InChI is InChI=1S/C14H14FNO2S/c15-11-4-1-5-12-10(11)7-13(19-12)14(18)16-6-2-3-9(17)8-16/h1,4-5,7,9,17H,2-3,6,8H2. The van der Waals surface area contributed by atoms with Gasteiger partial charge >= 0.3 is 0 Å². The lowest BCUT2D eigenvalue weighted by Gasteiger charge is -2.29. The monoisotopic (exact) mass is 279 g/mol. The molecule has 0 bridgehead atoms. The van der Waals surface area contributed by atoms with Gasteiger partial charge in [0.25, 0.3) is 5.91 Å². The van der Waals surface area contributed by atoms with Gasteiger partial charge in [0.2, 0.25) is 0 Å². The number of nitrogens with zero attached hydrogens (tertiary/aromatic N) is 1. The zero-order chi connectivity index (χ0) is 13.4. The highest BCUT2D eigenvalue weighted by molar-refractivity contribution is 7.20. The molecular weight excluding hydrogens is 265 g/mol. The minimum atomic E-state index is -0.441. The van der Waals surface area contributed by atoms with E-state index < -0.39 is 6.10 Å². The maximum absolute atomic E-state index is 13.6. The van der Waals surface area contributed by atoms with Crippen LogP contribution in [0.25, 0.3) is 10.1 Å². The second-order valence-electron chi connectivity index (χ2n) is 4.81. The van der Waals surface area contributed by atoms with Crippen LogP contribution in [-0.2, 0) is 0 Å². The molecule has 5 heteroatoms. The second-order valence-corrected chi connectivity index (χ2v) is 5.89. The van der Waals surface area contributed by atoms with E-state index >= 15 is 0 Å². The average molecular weight is 279 g/mol. The number of carbonyl (C=O) groups excluding carboxylic acids is 1. The Hall–Kier alpha value is -1.46.